The molecule has 0 heterocycles. The minimum absolute atomic E-state index is 0.756. The van der Waals surface area contributed by atoms with E-state index in [4.69, 9.17) is 0 Å². The predicted molar refractivity (Wildman–Crippen MR) is 74.2 cm³/mol. The highest BCUT2D eigenvalue weighted by molar-refractivity contribution is 5.25. The van der Waals surface area contributed by atoms with Crippen molar-refractivity contribution in [3.8, 4) is 0 Å². The van der Waals surface area contributed by atoms with Crippen LogP contribution in [0.15, 0.2) is 30.3 Å². The molecule has 1 aliphatic rings. The molecule has 1 N–H and O–H groups in total. The quantitative estimate of drug-likeness (QED) is 0.787. The SMILES string of the molecule is CC(C)CNCC(C)C1CC1c1ccccc1. The van der Waals surface area contributed by atoms with Gasteiger partial charge in [-0.1, -0.05) is 51.1 Å². The van der Waals surface area contributed by atoms with Crippen LogP contribution < -0.4 is 5.32 Å². The minimum Gasteiger partial charge on any atom is -0.316 e. The third-order valence-electron chi connectivity index (χ3n) is 3.82. The maximum atomic E-state index is 3.58. The van der Waals surface area contributed by atoms with Crippen molar-refractivity contribution in [1.82, 2.24) is 5.32 Å². The first-order valence-electron chi connectivity index (χ1n) is 6.94. The largest absolute Gasteiger partial charge is 0.316 e. The Morgan fingerprint density at radius 1 is 1.12 bits per heavy atom. The fourth-order valence-electron chi connectivity index (χ4n) is 2.68. The van der Waals surface area contributed by atoms with Crippen molar-refractivity contribution in [2.24, 2.45) is 17.8 Å². The summed E-state index contributed by atoms with van der Waals surface area (Å²) in [6.45, 7) is 9.24. The van der Waals surface area contributed by atoms with Crippen LogP contribution in [0.1, 0.15) is 38.7 Å². The Bertz CT molecular complexity index is 331. The normalized spacial score (nSPS) is 24.9. The van der Waals surface area contributed by atoms with E-state index in [0.717, 1.165) is 30.2 Å². The average molecular weight is 231 g/mol. The summed E-state index contributed by atoms with van der Waals surface area (Å²) in [5, 5.41) is 3.58. The topological polar surface area (TPSA) is 12.0 Å². The minimum atomic E-state index is 0.756. The van der Waals surface area contributed by atoms with Gasteiger partial charge >= 0.3 is 0 Å². The van der Waals surface area contributed by atoms with Gasteiger partial charge in [-0.3, -0.25) is 0 Å². The molecule has 2 rings (SSSR count). The highest BCUT2D eigenvalue weighted by atomic mass is 14.9. The third-order valence-corrected chi connectivity index (χ3v) is 3.82. The molecule has 1 aromatic rings. The van der Waals surface area contributed by atoms with E-state index in [9.17, 15) is 0 Å². The van der Waals surface area contributed by atoms with Gasteiger partial charge in [-0.05, 0) is 48.7 Å². The van der Waals surface area contributed by atoms with Gasteiger partial charge in [0.15, 0.2) is 0 Å². The van der Waals surface area contributed by atoms with Gasteiger partial charge in [0.05, 0.1) is 0 Å². The van der Waals surface area contributed by atoms with Crippen molar-refractivity contribution < 1.29 is 0 Å². The molecule has 1 nitrogen and oxygen atoms in total. The molecule has 0 bridgehead atoms. The summed E-state index contributed by atoms with van der Waals surface area (Å²) in [4.78, 5) is 0. The van der Waals surface area contributed by atoms with Gasteiger partial charge in [0.1, 0.15) is 0 Å². The van der Waals surface area contributed by atoms with Crippen LogP contribution in [0.3, 0.4) is 0 Å². The standard InChI is InChI=1S/C16H25N/c1-12(2)10-17-11-13(3)15-9-16(15)14-7-5-4-6-8-14/h4-8,12-13,15-17H,9-11H2,1-3H3. The molecule has 0 radical (unpaired) electrons. The van der Waals surface area contributed by atoms with E-state index in [1.165, 1.54) is 18.5 Å². The van der Waals surface area contributed by atoms with Crippen LogP contribution in [0.5, 0.6) is 0 Å². The van der Waals surface area contributed by atoms with Crippen molar-refractivity contribution in [2.45, 2.75) is 33.1 Å². The highest BCUT2D eigenvalue weighted by Gasteiger charge is 2.41. The average Bonchev–Trinajstić information content (AvgIpc) is 3.09. The first-order chi connectivity index (χ1) is 8.18. The van der Waals surface area contributed by atoms with E-state index in [1.807, 2.05) is 0 Å². The molecule has 17 heavy (non-hydrogen) atoms. The Morgan fingerprint density at radius 2 is 1.82 bits per heavy atom. The van der Waals surface area contributed by atoms with E-state index < -0.39 is 0 Å². The number of rotatable bonds is 6. The summed E-state index contributed by atoms with van der Waals surface area (Å²) in [6, 6.07) is 11.0. The molecule has 1 heteroatoms. The smallest absolute Gasteiger partial charge is 0.00202 e. The molecule has 0 aliphatic heterocycles. The molecule has 1 fully saturated rings. The van der Waals surface area contributed by atoms with Crippen molar-refractivity contribution in [3.05, 3.63) is 35.9 Å². The Hall–Kier alpha value is -0.820. The maximum absolute atomic E-state index is 3.58. The zero-order valence-corrected chi connectivity index (χ0v) is 11.3. The Morgan fingerprint density at radius 3 is 2.47 bits per heavy atom. The third kappa shape index (κ3) is 3.57. The number of nitrogens with one attached hydrogen (secondary N) is 1. The van der Waals surface area contributed by atoms with E-state index in [0.29, 0.717) is 0 Å². The molecule has 94 valence electrons. The highest BCUT2D eigenvalue weighted by Crippen LogP contribution is 2.51. The van der Waals surface area contributed by atoms with E-state index in [1.54, 1.807) is 0 Å². The van der Waals surface area contributed by atoms with Gasteiger partial charge in [-0.2, -0.15) is 0 Å². The van der Waals surface area contributed by atoms with Gasteiger partial charge in [0, 0.05) is 0 Å². The second-order valence-corrected chi connectivity index (χ2v) is 5.95. The molecule has 1 aromatic carbocycles. The maximum Gasteiger partial charge on any atom is -0.00202 e. The molecular formula is C16H25N. The van der Waals surface area contributed by atoms with Crippen LogP contribution in [0.25, 0.3) is 0 Å². The monoisotopic (exact) mass is 231 g/mol. The Kier molecular flexibility index (Phi) is 4.22. The van der Waals surface area contributed by atoms with Crippen LogP contribution in [0.4, 0.5) is 0 Å². The summed E-state index contributed by atoms with van der Waals surface area (Å²) >= 11 is 0. The van der Waals surface area contributed by atoms with Gasteiger partial charge < -0.3 is 5.32 Å². The van der Waals surface area contributed by atoms with Crippen LogP contribution in [-0.2, 0) is 0 Å². The van der Waals surface area contributed by atoms with Gasteiger partial charge in [0.2, 0.25) is 0 Å². The predicted octanol–water partition coefficient (Wildman–Crippen LogP) is 3.67. The molecule has 0 spiro atoms. The molecular weight excluding hydrogens is 206 g/mol. The van der Waals surface area contributed by atoms with E-state index in [2.05, 4.69) is 56.4 Å². The van der Waals surface area contributed by atoms with Crippen molar-refractivity contribution >= 4 is 0 Å². The van der Waals surface area contributed by atoms with Gasteiger partial charge in [-0.15, -0.1) is 0 Å². The fraction of sp³-hybridized carbons (Fsp3) is 0.625. The lowest BCUT2D eigenvalue weighted by atomic mass is 10.0. The molecule has 3 atom stereocenters. The molecule has 3 unspecified atom stereocenters. The Labute approximate surface area is 106 Å². The van der Waals surface area contributed by atoms with Crippen molar-refractivity contribution in [3.63, 3.8) is 0 Å². The lowest BCUT2D eigenvalue weighted by molar-refractivity contribution is 0.433. The van der Waals surface area contributed by atoms with Crippen LogP contribution >= 0.6 is 0 Å². The molecule has 1 aliphatic carbocycles. The van der Waals surface area contributed by atoms with E-state index >= 15 is 0 Å². The first-order valence-corrected chi connectivity index (χ1v) is 6.94. The van der Waals surface area contributed by atoms with Crippen molar-refractivity contribution in [2.75, 3.05) is 13.1 Å². The summed E-state index contributed by atoms with van der Waals surface area (Å²) in [7, 11) is 0. The van der Waals surface area contributed by atoms with Crippen LogP contribution in [-0.4, -0.2) is 13.1 Å². The van der Waals surface area contributed by atoms with Gasteiger partial charge in [-0.25, -0.2) is 0 Å². The molecule has 0 amide bonds. The zero-order valence-electron chi connectivity index (χ0n) is 11.3. The molecule has 1 saturated carbocycles. The zero-order chi connectivity index (χ0) is 12.3. The number of benzene rings is 1. The van der Waals surface area contributed by atoms with Crippen LogP contribution in [0.2, 0.25) is 0 Å². The van der Waals surface area contributed by atoms with Crippen LogP contribution in [0, 0.1) is 17.8 Å². The fourth-order valence-corrected chi connectivity index (χ4v) is 2.68. The number of hydrogen-bond acceptors (Lipinski definition) is 1. The second-order valence-electron chi connectivity index (χ2n) is 5.95. The summed E-state index contributed by atoms with van der Waals surface area (Å²) in [5.41, 5.74) is 1.54. The second kappa shape index (κ2) is 5.68. The molecule has 0 aromatic heterocycles. The lowest BCUT2D eigenvalue weighted by Crippen LogP contribution is -2.26. The summed E-state index contributed by atoms with van der Waals surface area (Å²) in [5.74, 6) is 3.29. The summed E-state index contributed by atoms with van der Waals surface area (Å²) in [6.07, 6.45) is 1.38. The summed E-state index contributed by atoms with van der Waals surface area (Å²) < 4.78 is 0. The van der Waals surface area contributed by atoms with Gasteiger partial charge in [0.25, 0.3) is 0 Å². The Balaban J connectivity index is 1.75. The number of hydrogen-bond donors (Lipinski definition) is 1. The lowest BCUT2D eigenvalue weighted by Gasteiger charge is -2.14. The van der Waals surface area contributed by atoms with E-state index in [-0.39, 0.29) is 0 Å². The van der Waals surface area contributed by atoms with Crippen molar-refractivity contribution in [1.29, 1.82) is 0 Å². The first kappa shape index (κ1) is 12.6. The molecule has 0 saturated heterocycles.